The van der Waals surface area contributed by atoms with Crippen LogP contribution in [0.2, 0.25) is 0 Å². The largest absolute Gasteiger partial charge is 0.453 e. The van der Waals surface area contributed by atoms with E-state index >= 15 is 0 Å². The first-order valence-corrected chi connectivity index (χ1v) is 8.53. The molecule has 0 aliphatic carbocycles. The van der Waals surface area contributed by atoms with Crippen LogP contribution in [0.4, 0.5) is 11.6 Å². The first-order chi connectivity index (χ1) is 12.4. The fraction of sp³-hybridized carbons (Fsp3) is 0.250. The van der Waals surface area contributed by atoms with Crippen LogP contribution in [-0.2, 0) is 4.74 Å². The number of nitrogens with zero attached hydrogens (tertiary/aromatic N) is 2. The number of fused-ring (bicyclic) bond motifs is 1. The van der Waals surface area contributed by atoms with Gasteiger partial charge in [-0.15, -0.1) is 0 Å². The number of hydrogen-bond donors (Lipinski definition) is 2. The summed E-state index contributed by atoms with van der Waals surface area (Å²) in [5, 5.41) is 5.09. The van der Waals surface area contributed by atoms with Gasteiger partial charge in [-0.05, 0) is 45.0 Å². The number of aromatic nitrogens is 2. The number of anilines is 2. The maximum Gasteiger partial charge on any atom is 0.338 e. The number of carbonyl (C=O) groups is 1. The minimum absolute atomic E-state index is 0.192. The second-order valence-corrected chi connectivity index (χ2v) is 6.44. The van der Waals surface area contributed by atoms with E-state index in [1.54, 1.807) is 43.5 Å². The van der Waals surface area contributed by atoms with Crippen LogP contribution in [0.3, 0.4) is 0 Å². The zero-order valence-electron chi connectivity index (χ0n) is 15.1. The maximum atomic E-state index is 12.3. The second kappa shape index (κ2) is 7.39. The highest BCUT2D eigenvalue weighted by Crippen LogP contribution is 2.28. The fourth-order valence-corrected chi connectivity index (χ4v) is 2.64. The average molecular weight is 350 g/mol. The van der Waals surface area contributed by atoms with E-state index in [1.807, 2.05) is 26.0 Å². The molecule has 0 spiro atoms. The molecule has 0 fully saturated rings. The van der Waals surface area contributed by atoms with Crippen molar-refractivity contribution in [1.82, 2.24) is 9.97 Å². The van der Waals surface area contributed by atoms with Crippen LogP contribution in [0.5, 0.6) is 0 Å². The lowest BCUT2D eigenvalue weighted by Gasteiger charge is -2.17. The van der Waals surface area contributed by atoms with Crippen molar-refractivity contribution < 1.29 is 9.53 Å². The topological polar surface area (TPSA) is 90.1 Å². The Bertz CT molecular complexity index is 926. The van der Waals surface area contributed by atoms with Gasteiger partial charge in [-0.3, -0.25) is 0 Å². The molecule has 0 saturated heterocycles. The molecule has 6 nitrogen and oxygen atoms in total. The number of hydrogen-bond acceptors (Lipinski definition) is 6. The van der Waals surface area contributed by atoms with E-state index < -0.39 is 6.10 Å². The molecule has 3 rings (SSSR count). The number of nitrogen functional groups attached to an aromatic ring is 1. The van der Waals surface area contributed by atoms with Crippen LogP contribution in [0, 0.1) is 0 Å². The zero-order valence-corrected chi connectivity index (χ0v) is 15.1. The Kier molecular flexibility index (Phi) is 5.02. The highest BCUT2D eigenvalue weighted by Gasteiger charge is 2.17. The van der Waals surface area contributed by atoms with E-state index in [-0.39, 0.29) is 12.0 Å². The van der Waals surface area contributed by atoms with E-state index in [0.717, 1.165) is 10.8 Å². The van der Waals surface area contributed by atoms with Crippen LogP contribution < -0.4 is 11.1 Å². The van der Waals surface area contributed by atoms with Gasteiger partial charge in [-0.25, -0.2) is 14.8 Å². The molecule has 0 amide bonds. The first-order valence-electron chi connectivity index (χ1n) is 8.53. The number of pyridine rings is 2. The van der Waals surface area contributed by atoms with Crippen molar-refractivity contribution in [3.63, 3.8) is 0 Å². The summed E-state index contributed by atoms with van der Waals surface area (Å²) in [6.45, 7) is 5.87. The van der Waals surface area contributed by atoms with Crippen molar-refractivity contribution in [2.45, 2.75) is 32.9 Å². The highest BCUT2D eigenvalue weighted by molar-refractivity contribution is 5.93. The highest BCUT2D eigenvalue weighted by atomic mass is 16.5. The summed E-state index contributed by atoms with van der Waals surface area (Å²) >= 11 is 0. The Labute approximate surface area is 152 Å². The minimum atomic E-state index is -0.502. The maximum absolute atomic E-state index is 12.3. The summed E-state index contributed by atoms with van der Waals surface area (Å²) in [6.07, 6.45) is 1.20. The van der Waals surface area contributed by atoms with Crippen molar-refractivity contribution in [1.29, 1.82) is 0 Å². The lowest BCUT2D eigenvalue weighted by Crippen LogP contribution is -2.15. The van der Waals surface area contributed by atoms with Crippen molar-refractivity contribution in [2.75, 3.05) is 11.1 Å². The summed E-state index contributed by atoms with van der Waals surface area (Å²) in [6, 6.07) is 12.8. The number of esters is 1. The molecule has 6 heteroatoms. The Morgan fingerprint density at radius 2 is 1.88 bits per heavy atom. The summed E-state index contributed by atoms with van der Waals surface area (Å²) in [4.78, 5) is 21.1. The van der Waals surface area contributed by atoms with Gasteiger partial charge >= 0.3 is 5.97 Å². The number of nitrogens with two attached hydrogens (primary N) is 1. The monoisotopic (exact) mass is 350 g/mol. The van der Waals surface area contributed by atoms with Crippen molar-refractivity contribution >= 4 is 28.4 Å². The van der Waals surface area contributed by atoms with Crippen molar-refractivity contribution in [3.8, 4) is 0 Å². The van der Waals surface area contributed by atoms with E-state index in [4.69, 9.17) is 10.5 Å². The fourth-order valence-electron chi connectivity index (χ4n) is 2.64. The van der Waals surface area contributed by atoms with Gasteiger partial charge in [0.2, 0.25) is 0 Å². The molecule has 0 bridgehead atoms. The smallest absolute Gasteiger partial charge is 0.338 e. The second-order valence-electron chi connectivity index (χ2n) is 6.44. The number of nitrogens with one attached hydrogen (secondary N) is 1. The molecule has 1 aromatic carbocycles. The molecule has 1 atom stereocenters. The van der Waals surface area contributed by atoms with Gasteiger partial charge in [0.25, 0.3) is 0 Å². The van der Waals surface area contributed by atoms with Gasteiger partial charge < -0.3 is 15.8 Å². The van der Waals surface area contributed by atoms with Crippen LogP contribution >= 0.6 is 0 Å². The molecule has 3 N–H and O–H groups in total. The van der Waals surface area contributed by atoms with Gasteiger partial charge in [0, 0.05) is 23.0 Å². The van der Waals surface area contributed by atoms with Crippen LogP contribution in [0.25, 0.3) is 10.8 Å². The minimum Gasteiger partial charge on any atom is -0.453 e. The Balaban J connectivity index is 1.93. The molecule has 3 aromatic rings. The standard InChI is InChI=1S/C20H22N4O2/c1-12(2)23-19-16-10-18(21)22-11-15(16)9-17(24-19)13(3)26-20(25)14-7-5-4-6-8-14/h4-13H,1-3H3,(H2,21,22)(H,23,24). The summed E-state index contributed by atoms with van der Waals surface area (Å²) in [5.41, 5.74) is 6.97. The average Bonchev–Trinajstić information content (AvgIpc) is 2.62. The molecule has 26 heavy (non-hydrogen) atoms. The van der Waals surface area contributed by atoms with Crippen LogP contribution in [0.1, 0.15) is 42.9 Å². The van der Waals surface area contributed by atoms with E-state index in [0.29, 0.717) is 22.9 Å². The molecule has 1 unspecified atom stereocenters. The number of carbonyl (C=O) groups excluding carboxylic acids is 1. The predicted molar refractivity (Wildman–Crippen MR) is 103 cm³/mol. The molecule has 2 heterocycles. The number of ether oxygens (including phenoxy) is 1. The summed E-state index contributed by atoms with van der Waals surface area (Å²) in [7, 11) is 0. The third kappa shape index (κ3) is 3.91. The molecule has 2 aromatic heterocycles. The van der Waals surface area contributed by atoms with E-state index in [2.05, 4.69) is 15.3 Å². The quantitative estimate of drug-likeness (QED) is 0.677. The van der Waals surface area contributed by atoms with Gasteiger partial charge in [-0.2, -0.15) is 0 Å². The van der Waals surface area contributed by atoms with E-state index in [9.17, 15) is 4.79 Å². The van der Waals surface area contributed by atoms with Crippen LogP contribution in [0.15, 0.2) is 48.7 Å². The SMILES string of the molecule is CC(C)Nc1nc(C(C)OC(=O)c2ccccc2)cc2cnc(N)cc12. The normalized spacial score (nSPS) is 12.2. The molecule has 134 valence electrons. The van der Waals surface area contributed by atoms with Gasteiger partial charge in [0.1, 0.15) is 17.7 Å². The first kappa shape index (κ1) is 17.7. The van der Waals surface area contributed by atoms with Gasteiger partial charge in [0.15, 0.2) is 0 Å². The van der Waals surface area contributed by atoms with Crippen molar-refractivity contribution in [3.05, 3.63) is 59.9 Å². The predicted octanol–water partition coefficient (Wildman–Crippen LogP) is 3.95. The molecule has 0 saturated carbocycles. The summed E-state index contributed by atoms with van der Waals surface area (Å²) in [5.74, 6) is 0.750. The molecular weight excluding hydrogens is 328 g/mol. The third-order valence-corrected chi connectivity index (χ3v) is 3.89. The lowest BCUT2D eigenvalue weighted by atomic mass is 10.1. The number of rotatable bonds is 5. The van der Waals surface area contributed by atoms with Gasteiger partial charge in [-0.1, -0.05) is 18.2 Å². The molecular formula is C20H22N4O2. The summed E-state index contributed by atoms with van der Waals surface area (Å²) < 4.78 is 5.58. The van der Waals surface area contributed by atoms with E-state index in [1.165, 1.54) is 0 Å². The lowest BCUT2D eigenvalue weighted by molar-refractivity contribution is 0.0330. The molecule has 0 aliphatic heterocycles. The Morgan fingerprint density at radius 3 is 2.58 bits per heavy atom. The van der Waals surface area contributed by atoms with Gasteiger partial charge in [0.05, 0.1) is 11.3 Å². The Morgan fingerprint density at radius 1 is 1.15 bits per heavy atom. The third-order valence-electron chi connectivity index (χ3n) is 3.89. The molecule has 0 aliphatic rings. The zero-order chi connectivity index (χ0) is 18.7. The Hall–Kier alpha value is -3.15. The van der Waals surface area contributed by atoms with Crippen LogP contribution in [-0.4, -0.2) is 22.0 Å². The number of benzene rings is 1. The molecule has 0 radical (unpaired) electrons. The van der Waals surface area contributed by atoms with Crippen molar-refractivity contribution in [2.24, 2.45) is 0 Å².